The summed E-state index contributed by atoms with van der Waals surface area (Å²) in [5, 5.41) is 15.0. The Morgan fingerprint density at radius 2 is 1.90 bits per heavy atom. The number of ether oxygens (including phenoxy) is 1. The van der Waals surface area contributed by atoms with Gasteiger partial charge in [0.15, 0.2) is 0 Å². The van der Waals surface area contributed by atoms with Crippen LogP contribution < -0.4 is 15.2 Å². The third-order valence-electron chi connectivity index (χ3n) is 6.80. The number of pyridine rings is 1. The predicted molar refractivity (Wildman–Crippen MR) is 147 cm³/mol. The molecule has 0 radical (unpaired) electrons. The Morgan fingerprint density at radius 1 is 1.15 bits per heavy atom. The van der Waals surface area contributed by atoms with Crippen molar-refractivity contribution in [1.82, 2.24) is 24.4 Å². The molecule has 12 heteroatoms. The van der Waals surface area contributed by atoms with Crippen LogP contribution in [0.3, 0.4) is 0 Å². The number of hydrogen-bond donors (Lipinski definition) is 3. The van der Waals surface area contributed by atoms with E-state index in [2.05, 4.69) is 9.71 Å². The van der Waals surface area contributed by atoms with Gasteiger partial charge in [-0.1, -0.05) is 24.3 Å². The Balaban J connectivity index is 1.37. The van der Waals surface area contributed by atoms with Crippen molar-refractivity contribution in [2.24, 2.45) is 0 Å². The molecule has 0 spiro atoms. The average Bonchev–Trinajstić information content (AvgIpc) is 3.34. The molecule has 0 saturated carbocycles. The molecule has 1 saturated heterocycles. The van der Waals surface area contributed by atoms with Gasteiger partial charge in [-0.25, -0.2) is 22.9 Å². The van der Waals surface area contributed by atoms with E-state index in [1.165, 1.54) is 17.0 Å². The van der Waals surface area contributed by atoms with Crippen molar-refractivity contribution < 1.29 is 23.1 Å². The van der Waals surface area contributed by atoms with Crippen molar-refractivity contribution in [3.63, 3.8) is 0 Å². The van der Waals surface area contributed by atoms with Crippen LogP contribution in [0.25, 0.3) is 22.2 Å². The van der Waals surface area contributed by atoms with Crippen LogP contribution in [0.5, 0.6) is 5.75 Å². The number of sulfonamides is 1. The second-order valence-corrected chi connectivity index (χ2v) is 11.1. The molecule has 2 aromatic carbocycles. The van der Waals surface area contributed by atoms with Crippen molar-refractivity contribution in [2.75, 3.05) is 25.4 Å². The number of aromatic nitrogens is 3. The van der Waals surface area contributed by atoms with Crippen LogP contribution in [-0.4, -0.2) is 59.0 Å². The van der Waals surface area contributed by atoms with Crippen molar-refractivity contribution in [2.45, 2.75) is 37.2 Å². The number of hydrogen-bond acceptors (Lipinski definition) is 7. The van der Waals surface area contributed by atoms with E-state index in [-0.39, 0.29) is 17.5 Å². The van der Waals surface area contributed by atoms with Crippen LogP contribution in [0.15, 0.2) is 65.7 Å². The highest BCUT2D eigenvalue weighted by Gasteiger charge is 2.28. The lowest BCUT2D eigenvalue weighted by Crippen LogP contribution is -2.40. The first-order valence-electron chi connectivity index (χ1n) is 12.7. The van der Waals surface area contributed by atoms with Gasteiger partial charge in [0.05, 0.1) is 28.4 Å². The topological polar surface area (TPSA) is 153 Å². The molecule has 0 aliphatic carbocycles. The number of benzene rings is 2. The maximum Gasteiger partial charge on any atom is 0.407 e. The molecular formula is C27H30N6O5S. The van der Waals surface area contributed by atoms with Crippen LogP contribution in [0.1, 0.15) is 31.4 Å². The summed E-state index contributed by atoms with van der Waals surface area (Å²) in [7, 11) is -3.70. The summed E-state index contributed by atoms with van der Waals surface area (Å²) >= 11 is 0. The summed E-state index contributed by atoms with van der Waals surface area (Å²) in [5.41, 5.74) is 9.27. The first kappa shape index (κ1) is 26.4. The molecule has 204 valence electrons. The minimum absolute atomic E-state index is 0.113. The summed E-state index contributed by atoms with van der Waals surface area (Å²) in [6.07, 6.45) is 2.23. The summed E-state index contributed by atoms with van der Waals surface area (Å²) < 4.78 is 35.3. The van der Waals surface area contributed by atoms with Crippen molar-refractivity contribution >= 4 is 32.8 Å². The Bertz CT molecular complexity index is 1590. The van der Waals surface area contributed by atoms with E-state index in [1.807, 2.05) is 41.9 Å². The monoisotopic (exact) mass is 550 g/mol. The molecule has 0 bridgehead atoms. The number of carbonyl (C=O) groups is 1. The molecular weight excluding hydrogens is 520 g/mol. The smallest absolute Gasteiger partial charge is 0.407 e. The van der Waals surface area contributed by atoms with Gasteiger partial charge >= 0.3 is 6.09 Å². The second-order valence-electron chi connectivity index (χ2n) is 9.33. The van der Waals surface area contributed by atoms with Gasteiger partial charge in [-0.2, -0.15) is 5.10 Å². The Hall–Kier alpha value is -4.16. The number of fused-ring (bicyclic) bond motifs is 1. The minimum atomic E-state index is -3.70. The standard InChI is InChI=1S/C27H30N6O5S/c1-2-38-21-9-11-22(12-10-21)39(36,37)30-16-18-5-7-19(8-6-18)25-24-23(13-14-29-26(24)28)33(31-25)20-4-3-15-32(17-20)27(34)35/h5-14,20,30H,2-4,15-17H2,1H3,(H2,28,29)(H,34,35)/t20-/m1/s1. The number of nitrogens with one attached hydrogen (secondary N) is 1. The molecule has 39 heavy (non-hydrogen) atoms. The molecule has 4 aromatic rings. The second kappa shape index (κ2) is 10.9. The number of nitrogen functional groups attached to an aromatic ring is 1. The highest BCUT2D eigenvalue weighted by atomic mass is 32.2. The first-order chi connectivity index (χ1) is 18.8. The number of nitrogens with zero attached hydrogens (tertiary/aromatic N) is 4. The molecule has 1 aliphatic heterocycles. The number of nitrogens with two attached hydrogens (primary N) is 1. The van der Waals surface area contributed by atoms with E-state index in [1.54, 1.807) is 18.3 Å². The van der Waals surface area contributed by atoms with E-state index >= 15 is 0 Å². The number of anilines is 1. The zero-order valence-corrected chi connectivity index (χ0v) is 22.3. The van der Waals surface area contributed by atoms with Gasteiger partial charge < -0.3 is 20.5 Å². The fraction of sp³-hybridized carbons (Fsp3) is 0.296. The highest BCUT2D eigenvalue weighted by Crippen LogP contribution is 2.34. The molecule has 0 unspecified atom stereocenters. The normalized spacial score (nSPS) is 15.9. The fourth-order valence-corrected chi connectivity index (χ4v) is 5.86. The van der Waals surface area contributed by atoms with Crippen LogP contribution >= 0.6 is 0 Å². The van der Waals surface area contributed by atoms with Gasteiger partial charge in [0.25, 0.3) is 0 Å². The van der Waals surface area contributed by atoms with Gasteiger partial charge in [0, 0.05) is 31.4 Å². The van der Waals surface area contributed by atoms with Crippen LogP contribution in [0.4, 0.5) is 10.6 Å². The molecule has 1 aliphatic rings. The number of carboxylic acid groups (broad SMARTS) is 1. The Morgan fingerprint density at radius 3 is 2.59 bits per heavy atom. The number of piperidine rings is 1. The molecule has 1 fully saturated rings. The average molecular weight is 551 g/mol. The quantitative estimate of drug-likeness (QED) is 0.299. The maximum atomic E-state index is 12.7. The van der Waals surface area contributed by atoms with Gasteiger partial charge in [-0.05, 0) is 55.7 Å². The number of rotatable bonds is 8. The summed E-state index contributed by atoms with van der Waals surface area (Å²) in [6, 6.07) is 15.4. The zero-order valence-electron chi connectivity index (χ0n) is 21.4. The van der Waals surface area contributed by atoms with Crippen LogP contribution in [-0.2, 0) is 16.6 Å². The van der Waals surface area contributed by atoms with Gasteiger partial charge in [-0.3, -0.25) is 4.68 Å². The Labute approximate surface area is 226 Å². The lowest BCUT2D eigenvalue weighted by Gasteiger charge is -2.31. The van der Waals surface area contributed by atoms with E-state index in [9.17, 15) is 18.3 Å². The SMILES string of the molecule is CCOc1ccc(S(=O)(=O)NCc2ccc(-c3nn([C@@H]4CCCN(C(=O)O)C4)c4ccnc(N)c34)cc2)cc1. The van der Waals surface area contributed by atoms with E-state index in [4.69, 9.17) is 15.6 Å². The minimum Gasteiger partial charge on any atom is -0.494 e. The van der Waals surface area contributed by atoms with Crippen molar-refractivity contribution in [3.8, 4) is 17.0 Å². The lowest BCUT2D eigenvalue weighted by atomic mass is 10.1. The summed E-state index contributed by atoms with van der Waals surface area (Å²) in [5.74, 6) is 0.951. The first-order valence-corrected chi connectivity index (χ1v) is 14.2. The third-order valence-corrected chi connectivity index (χ3v) is 8.22. The third kappa shape index (κ3) is 5.52. The van der Waals surface area contributed by atoms with E-state index in [0.717, 1.165) is 29.5 Å². The van der Waals surface area contributed by atoms with Gasteiger partial charge in [0.1, 0.15) is 17.3 Å². The lowest BCUT2D eigenvalue weighted by molar-refractivity contribution is 0.120. The zero-order chi connectivity index (χ0) is 27.6. The van der Waals surface area contributed by atoms with Gasteiger partial charge in [-0.15, -0.1) is 0 Å². The molecule has 4 N–H and O–H groups in total. The van der Waals surface area contributed by atoms with Crippen molar-refractivity contribution in [1.29, 1.82) is 0 Å². The fourth-order valence-electron chi connectivity index (χ4n) is 4.84. The molecule has 1 amide bonds. The van der Waals surface area contributed by atoms with Crippen LogP contribution in [0.2, 0.25) is 0 Å². The molecule has 2 aromatic heterocycles. The maximum absolute atomic E-state index is 12.7. The molecule has 5 rings (SSSR count). The molecule has 1 atom stereocenters. The van der Waals surface area contributed by atoms with E-state index in [0.29, 0.717) is 42.3 Å². The van der Waals surface area contributed by atoms with Crippen molar-refractivity contribution in [3.05, 3.63) is 66.4 Å². The van der Waals surface area contributed by atoms with Crippen LogP contribution in [0, 0.1) is 0 Å². The molecule has 11 nitrogen and oxygen atoms in total. The number of amides is 1. The summed E-state index contributed by atoms with van der Waals surface area (Å²) in [4.78, 5) is 17.4. The van der Waals surface area contributed by atoms with E-state index < -0.39 is 16.1 Å². The summed E-state index contributed by atoms with van der Waals surface area (Å²) in [6.45, 7) is 3.33. The largest absolute Gasteiger partial charge is 0.494 e. The molecule has 3 heterocycles. The number of likely N-dealkylation sites (tertiary alicyclic amines) is 1. The predicted octanol–water partition coefficient (Wildman–Crippen LogP) is 3.87. The highest BCUT2D eigenvalue weighted by molar-refractivity contribution is 7.89. The van der Waals surface area contributed by atoms with Gasteiger partial charge in [0.2, 0.25) is 10.0 Å². The Kier molecular flexibility index (Phi) is 7.40.